The highest BCUT2D eigenvalue weighted by Gasteiger charge is 2.53. The van der Waals surface area contributed by atoms with Gasteiger partial charge in [-0.15, -0.1) is 0 Å². The van der Waals surface area contributed by atoms with Crippen LogP contribution < -0.4 is 0 Å². The maximum atomic E-state index is 5.77. The summed E-state index contributed by atoms with van der Waals surface area (Å²) in [6.07, 6.45) is 0. The molecule has 472 valence electrons. The van der Waals surface area contributed by atoms with Gasteiger partial charge in [-0.25, -0.2) is 19.9 Å². The van der Waals surface area contributed by atoms with Crippen LogP contribution >= 0.6 is 23.5 Å². The quantitative estimate of drug-likeness (QED) is 0.171. The van der Waals surface area contributed by atoms with E-state index in [-0.39, 0.29) is 0 Å². The second-order valence-electron chi connectivity index (χ2n) is 27.4. The second-order valence-corrected chi connectivity index (χ2v) is 29.5. The molecule has 6 nitrogen and oxygen atoms in total. The van der Waals surface area contributed by atoms with Crippen LogP contribution in [0.5, 0.6) is 0 Å². The average Bonchev–Trinajstić information content (AvgIpc) is 1.50. The Labute approximate surface area is 595 Å². The Bertz CT molecular complexity index is 6830. The number of nitrogens with zero attached hydrogens (tertiary/aromatic N) is 6. The third kappa shape index (κ3) is 7.51. The van der Waals surface area contributed by atoms with Crippen molar-refractivity contribution in [2.75, 3.05) is 0 Å². The Morgan fingerprint density at radius 1 is 0.245 bits per heavy atom. The molecule has 8 heteroatoms. The van der Waals surface area contributed by atoms with Crippen LogP contribution in [0.3, 0.4) is 0 Å². The third-order valence-corrected chi connectivity index (χ3v) is 24.9. The minimum Gasteiger partial charge on any atom is -0.278 e. The van der Waals surface area contributed by atoms with Gasteiger partial charge in [0.2, 0.25) is 11.9 Å². The first kappa shape index (κ1) is 56.4. The van der Waals surface area contributed by atoms with Gasteiger partial charge in [-0.2, -0.15) is 0 Å². The molecule has 6 heterocycles. The Balaban J connectivity index is 0.712. The van der Waals surface area contributed by atoms with Gasteiger partial charge in [-0.1, -0.05) is 290 Å². The van der Waals surface area contributed by atoms with Crippen molar-refractivity contribution < 1.29 is 0 Å². The molecule has 4 aromatic heterocycles. The topological polar surface area (TPSA) is 61.4 Å². The predicted octanol–water partition coefficient (Wildman–Crippen LogP) is 23.6. The molecule has 15 aromatic carbocycles. The first-order valence-electron chi connectivity index (χ1n) is 34.8. The molecule has 0 unspecified atom stereocenters. The number of hydrogen-bond acceptors (Lipinski definition) is 6. The lowest BCUT2D eigenvalue weighted by Gasteiger charge is -2.40. The van der Waals surface area contributed by atoms with E-state index < -0.39 is 10.8 Å². The molecule has 0 saturated carbocycles. The van der Waals surface area contributed by atoms with Crippen molar-refractivity contribution in [3.05, 3.63) is 372 Å². The summed E-state index contributed by atoms with van der Waals surface area (Å²) in [5, 5.41) is 9.07. The van der Waals surface area contributed by atoms with Gasteiger partial charge in [0, 0.05) is 63.0 Å². The molecule has 0 fully saturated rings. The fraction of sp³-hybridized carbons (Fsp3) is 0.0213. The first-order chi connectivity index (χ1) is 50.6. The van der Waals surface area contributed by atoms with Crippen molar-refractivity contribution in [2.45, 2.75) is 30.4 Å². The lowest BCUT2D eigenvalue weighted by Crippen LogP contribution is -2.32. The molecule has 0 amide bonds. The Morgan fingerprint density at radius 2 is 0.676 bits per heavy atom. The molecule has 2 spiro atoms. The Kier molecular flexibility index (Phi) is 11.6. The van der Waals surface area contributed by atoms with Gasteiger partial charge in [0.05, 0.1) is 55.3 Å². The van der Waals surface area contributed by atoms with E-state index >= 15 is 0 Å². The molecule has 2 aliphatic carbocycles. The maximum Gasteiger partial charge on any atom is 0.235 e. The highest BCUT2D eigenvalue weighted by atomic mass is 32.2. The van der Waals surface area contributed by atoms with Gasteiger partial charge in [-0.05, 0) is 149 Å². The van der Waals surface area contributed by atoms with Crippen molar-refractivity contribution in [3.8, 4) is 67.8 Å². The summed E-state index contributed by atoms with van der Waals surface area (Å²) in [5.74, 6) is 1.26. The molecule has 19 aromatic rings. The zero-order chi connectivity index (χ0) is 66.5. The maximum absolute atomic E-state index is 5.77. The molecule has 4 aliphatic rings. The Morgan fingerprint density at radius 3 is 1.28 bits per heavy atom. The van der Waals surface area contributed by atoms with Crippen LogP contribution in [-0.2, 0) is 10.8 Å². The van der Waals surface area contributed by atoms with Crippen molar-refractivity contribution in [2.24, 2.45) is 0 Å². The number of fused-ring (bicyclic) bond motifs is 29. The molecule has 0 saturated heterocycles. The molecule has 0 N–H and O–H groups in total. The number of hydrogen-bond donors (Lipinski definition) is 0. The summed E-state index contributed by atoms with van der Waals surface area (Å²) in [4.78, 5) is 27.4. The van der Waals surface area contributed by atoms with E-state index in [4.69, 9.17) is 19.9 Å². The van der Waals surface area contributed by atoms with E-state index in [2.05, 4.69) is 337 Å². The lowest BCUT2D eigenvalue weighted by molar-refractivity contribution is 0.726. The Hall–Kier alpha value is -12.5. The number of benzene rings is 15. The molecular weight excluding hydrogens is 1280 g/mol. The van der Waals surface area contributed by atoms with Crippen LogP contribution in [0.4, 0.5) is 0 Å². The van der Waals surface area contributed by atoms with E-state index in [1.54, 1.807) is 0 Å². The SMILES string of the molecule is c1ccc(-c2nc(-n3c4ccccc4c4c5c(ccc43)C3(c4ccccc4S5)c4ccccc4-c4ccccc43)nc3ccc(-c4ccc5c(c4)Sc4c(ccc6c4c4ccccc4n6-c4nc(-c6ccc7ccccc7c6)c6ccccc6n4)C54c5ccccc5-c5ccccc54)cc23)cc1. The molecule has 0 atom stereocenters. The largest absolute Gasteiger partial charge is 0.278 e. The molecule has 23 rings (SSSR count). The molecular formula is C94H54N6S2. The van der Waals surface area contributed by atoms with E-state index in [1.165, 1.54) is 113 Å². The van der Waals surface area contributed by atoms with Gasteiger partial charge >= 0.3 is 0 Å². The minimum absolute atomic E-state index is 0.510. The van der Waals surface area contributed by atoms with Gasteiger partial charge in [-0.3, -0.25) is 9.13 Å². The average molecular weight is 1330 g/mol. The minimum atomic E-state index is -0.639. The zero-order valence-corrected chi connectivity index (χ0v) is 56.3. The molecule has 0 radical (unpaired) electrons. The van der Waals surface area contributed by atoms with Gasteiger partial charge in [0.25, 0.3) is 0 Å². The standard InChI is InChI=1S/C94H54N6S2/c1-2-23-56(24-3-1)87-68-53-58(45-49-78(68)96-92(97-87)100-79-39-19-11-31-66(79)85-81(100)50-47-75-89(85)101-83-41-21-17-37-73(83)93(75)69-33-13-6-26-61(69)62-27-7-14-34-70(62)93)59-44-46-74-84(54-59)102-90-76(94(74)71-35-15-8-28-63(71)64-29-9-16-36-72(64)94)48-51-82-86(90)67-32-12-20-40-80(67)99(82)91-95-77-38-18-10-30-65(77)88(98-91)60-43-42-55-22-4-5-25-57(55)52-60/h1-54H. The normalized spacial score (nSPS) is 14.0. The van der Waals surface area contributed by atoms with Crippen molar-refractivity contribution in [1.29, 1.82) is 0 Å². The summed E-state index contributed by atoms with van der Waals surface area (Å²) >= 11 is 3.78. The molecule has 2 aliphatic heterocycles. The first-order valence-corrected chi connectivity index (χ1v) is 36.5. The van der Waals surface area contributed by atoms with Crippen LogP contribution in [0.2, 0.25) is 0 Å². The highest BCUT2D eigenvalue weighted by Crippen LogP contribution is 2.66. The van der Waals surface area contributed by atoms with Crippen LogP contribution in [0.1, 0.15) is 44.5 Å². The van der Waals surface area contributed by atoms with Crippen LogP contribution in [0, 0.1) is 0 Å². The van der Waals surface area contributed by atoms with Crippen LogP contribution in [0.25, 0.3) is 144 Å². The lowest BCUT2D eigenvalue weighted by atomic mass is 9.67. The summed E-state index contributed by atoms with van der Waals surface area (Å²) in [6.45, 7) is 0. The summed E-state index contributed by atoms with van der Waals surface area (Å²) in [5.41, 5.74) is 26.4. The van der Waals surface area contributed by atoms with E-state index in [0.717, 1.165) is 82.9 Å². The smallest absolute Gasteiger partial charge is 0.235 e. The van der Waals surface area contributed by atoms with E-state index in [9.17, 15) is 0 Å². The van der Waals surface area contributed by atoms with Gasteiger partial charge < -0.3 is 0 Å². The predicted molar refractivity (Wildman–Crippen MR) is 418 cm³/mol. The summed E-state index contributed by atoms with van der Waals surface area (Å²) in [6, 6.07) is 121. The van der Waals surface area contributed by atoms with Crippen molar-refractivity contribution >= 4 is 99.7 Å². The fourth-order valence-corrected chi connectivity index (χ4v) is 21.1. The van der Waals surface area contributed by atoms with Gasteiger partial charge in [0.1, 0.15) is 0 Å². The second kappa shape index (κ2) is 21.0. The zero-order valence-electron chi connectivity index (χ0n) is 54.7. The van der Waals surface area contributed by atoms with E-state index in [1.807, 2.05) is 23.5 Å². The van der Waals surface area contributed by atoms with Gasteiger partial charge in [0.15, 0.2) is 0 Å². The fourth-order valence-electron chi connectivity index (χ4n) is 18.3. The molecule has 102 heavy (non-hydrogen) atoms. The summed E-state index contributed by atoms with van der Waals surface area (Å²) in [7, 11) is 0. The van der Waals surface area contributed by atoms with Crippen molar-refractivity contribution in [1.82, 2.24) is 29.1 Å². The third-order valence-electron chi connectivity index (χ3n) is 22.5. The highest BCUT2D eigenvalue weighted by molar-refractivity contribution is 8.00. The number of aromatic nitrogens is 6. The number of rotatable bonds is 5. The molecule has 0 bridgehead atoms. The van der Waals surface area contributed by atoms with Crippen molar-refractivity contribution in [3.63, 3.8) is 0 Å². The van der Waals surface area contributed by atoms with Crippen LogP contribution in [-0.4, -0.2) is 29.1 Å². The summed E-state index contributed by atoms with van der Waals surface area (Å²) < 4.78 is 4.62. The monoisotopic (exact) mass is 1330 g/mol. The number of para-hydroxylation sites is 3. The van der Waals surface area contributed by atoms with E-state index in [0.29, 0.717) is 11.9 Å². The van der Waals surface area contributed by atoms with Crippen LogP contribution in [0.15, 0.2) is 347 Å².